The Morgan fingerprint density at radius 3 is 2.00 bits per heavy atom. The van der Waals surface area contributed by atoms with Gasteiger partial charge in [0.2, 0.25) is 5.91 Å². The monoisotopic (exact) mass is 261 g/mol. The van der Waals surface area contributed by atoms with Gasteiger partial charge in [-0.05, 0) is 27.7 Å². The van der Waals surface area contributed by atoms with Gasteiger partial charge in [0, 0.05) is 12.8 Å². The lowest BCUT2D eigenvalue weighted by molar-refractivity contribution is -0.184. The minimum atomic E-state index is -1.06. The Bertz CT molecular complexity index is 255. The van der Waals surface area contributed by atoms with Crippen LogP contribution in [0.5, 0.6) is 0 Å². The Morgan fingerprint density at radius 2 is 1.61 bits per heavy atom. The van der Waals surface area contributed by atoms with Gasteiger partial charge in [-0.1, -0.05) is 0 Å². The zero-order valence-corrected chi connectivity index (χ0v) is 11.4. The first-order chi connectivity index (χ1) is 8.31. The van der Waals surface area contributed by atoms with E-state index in [2.05, 4.69) is 5.32 Å². The average Bonchev–Trinajstić information content (AvgIpc) is 2.21. The van der Waals surface area contributed by atoms with E-state index in [9.17, 15) is 9.59 Å². The smallest absolute Gasteiger partial charge is 0.322 e. The molecule has 0 saturated heterocycles. The highest BCUT2D eigenvalue weighted by Gasteiger charge is 2.15. The number of nitrogens with one attached hydrogen (secondary N) is 1. The van der Waals surface area contributed by atoms with Crippen LogP contribution in [-0.2, 0) is 19.1 Å². The van der Waals surface area contributed by atoms with Crippen LogP contribution in [0, 0.1) is 0 Å². The van der Waals surface area contributed by atoms with Crippen molar-refractivity contribution in [2.75, 3.05) is 6.54 Å². The molecule has 0 spiro atoms. The fraction of sp³-hybridized carbons (Fsp3) is 0.833. The Balaban J connectivity index is 4.00. The van der Waals surface area contributed by atoms with Crippen LogP contribution in [0.2, 0.25) is 0 Å². The SMILES string of the molecule is CC(C)OC(CCC(=O)NCC(=O)O)OC(C)C. The molecule has 0 aromatic carbocycles. The van der Waals surface area contributed by atoms with Crippen molar-refractivity contribution in [3.05, 3.63) is 0 Å². The summed E-state index contributed by atoms with van der Waals surface area (Å²) in [5, 5.41) is 10.7. The molecule has 6 heteroatoms. The molecule has 0 atom stereocenters. The van der Waals surface area contributed by atoms with Crippen molar-refractivity contribution in [3.8, 4) is 0 Å². The molecule has 6 nitrogen and oxygen atoms in total. The van der Waals surface area contributed by atoms with Crippen molar-refractivity contribution in [1.29, 1.82) is 0 Å². The van der Waals surface area contributed by atoms with Gasteiger partial charge in [-0.3, -0.25) is 9.59 Å². The lowest BCUT2D eigenvalue weighted by atomic mass is 10.2. The second-order valence-corrected chi connectivity index (χ2v) is 4.51. The standard InChI is InChI=1S/C12H23NO5/c1-8(2)17-12(18-9(3)4)6-5-10(14)13-7-11(15)16/h8-9,12H,5-7H2,1-4H3,(H,13,14)(H,15,16). The van der Waals surface area contributed by atoms with E-state index in [1.54, 1.807) is 0 Å². The highest BCUT2D eigenvalue weighted by atomic mass is 16.7. The Hall–Kier alpha value is -1.14. The first kappa shape index (κ1) is 16.9. The molecular formula is C12H23NO5. The maximum absolute atomic E-state index is 11.3. The zero-order chi connectivity index (χ0) is 14.1. The van der Waals surface area contributed by atoms with E-state index >= 15 is 0 Å². The molecule has 0 unspecified atom stereocenters. The molecule has 1 amide bonds. The summed E-state index contributed by atoms with van der Waals surface area (Å²) < 4.78 is 11.0. The van der Waals surface area contributed by atoms with Crippen LogP contribution in [-0.4, -0.2) is 42.0 Å². The molecule has 0 aliphatic heterocycles. The van der Waals surface area contributed by atoms with Gasteiger partial charge in [-0.2, -0.15) is 0 Å². The van der Waals surface area contributed by atoms with Crippen molar-refractivity contribution < 1.29 is 24.2 Å². The predicted molar refractivity (Wildman–Crippen MR) is 66.1 cm³/mol. The Kier molecular flexibility index (Phi) is 8.32. The largest absolute Gasteiger partial charge is 0.480 e. The van der Waals surface area contributed by atoms with Gasteiger partial charge < -0.3 is 19.9 Å². The molecule has 0 bridgehead atoms. The molecule has 0 radical (unpaired) electrons. The number of carboxylic acid groups (broad SMARTS) is 1. The second kappa shape index (κ2) is 8.88. The molecular weight excluding hydrogens is 238 g/mol. The van der Waals surface area contributed by atoms with E-state index in [0.717, 1.165) is 0 Å². The third-order valence-electron chi connectivity index (χ3n) is 1.89. The molecule has 18 heavy (non-hydrogen) atoms. The molecule has 2 N–H and O–H groups in total. The lowest BCUT2D eigenvalue weighted by Gasteiger charge is -2.22. The summed E-state index contributed by atoms with van der Waals surface area (Å²) in [6.45, 7) is 7.20. The van der Waals surface area contributed by atoms with Crippen LogP contribution in [0.25, 0.3) is 0 Å². The van der Waals surface area contributed by atoms with Gasteiger partial charge in [-0.25, -0.2) is 0 Å². The molecule has 0 aliphatic rings. The zero-order valence-electron chi connectivity index (χ0n) is 11.4. The summed E-state index contributed by atoms with van der Waals surface area (Å²) >= 11 is 0. The highest BCUT2D eigenvalue weighted by Crippen LogP contribution is 2.10. The van der Waals surface area contributed by atoms with Crippen LogP contribution in [0.4, 0.5) is 0 Å². The normalized spacial score (nSPS) is 11.3. The minimum absolute atomic E-state index is 0.0100. The summed E-state index contributed by atoms with van der Waals surface area (Å²) in [5.41, 5.74) is 0. The van der Waals surface area contributed by atoms with Crippen molar-refractivity contribution in [3.63, 3.8) is 0 Å². The van der Waals surface area contributed by atoms with Crippen LogP contribution in [0.3, 0.4) is 0 Å². The summed E-state index contributed by atoms with van der Waals surface area (Å²) in [4.78, 5) is 21.6. The second-order valence-electron chi connectivity index (χ2n) is 4.51. The van der Waals surface area contributed by atoms with Crippen LogP contribution in [0.1, 0.15) is 40.5 Å². The van der Waals surface area contributed by atoms with Crippen LogP contribution in [0.15, 0.2) is 0 Å². The van der Waals surface area contributed by atoms with Gasteiger partial charge >= 0.3 is 5.97 Å². The fourth-order valence-corrected chi connectivity index (χ4v) is 1.29. The summed E-state index contributed by atoms with van der Waals surface area (Å²) in [6, 6.07) is 0. The number of amides is 1. The number of hydrogen-bond donors (Lipinski definition) is 2. The number of carboxylic acids is 1. The van der Waals surface area contributed by atoms with E-state index in [1.807, 2.05) is 27.7 Å². The van der Waals surface area contributed by atoms with E-state index in [-0.39, 0.29) is 31.1 Å². The molecule has 0 aromatic heterocycles. The van der Waals surface area contributed by atoms with Gasteiger partial charge in [-0.15, -0.1) is 0 Å². The minimum Gasteiger partial charge on any atom is -0.480 e. The third kappa shape index (κ3) is 10.0. The lowest BCUT2D eigenvalue weighted by Crippen LogP contribution is -2.31. The first-order valence-corrected chi connectivity index (χ1v) is 6.10. The van der Waals surface area contributed by atoms with Gasteiger partial charge in [0.05, 0.1) is 12.2 Å². The number of hydrogen-bond acceptors (Lipinski definition) is 4. The molecule has 0 rings (SSSR count). The number of rotatable bonds is 9. The van der Waals surface area contributed by atoms with Crippen molar-refractivity contribution in [2.24, 2.45) is 0 Å². The summed E-state index contributed by atoms with van der Waals surface area (Å²) in [7, 11) is 0. The molecule has 0 fully saturated rings. The van der Waals surface area contributed by atoms with Crippen molar-refractivity contribution in [1.82, 2.24) is 5.32 Å². The third-order valence-corrected chi connectivity index (χ3v) is 1.89. The molecule has 0 saturated carbocycles. The molecule has 106 valence electrons. The fourth-order valence-electron chi connectivity index (χ4n) is 1.29. The number of ether oxygens (including phenoxy) is 2. The maximum Gasteiger partial charge on any atom is 0.322 e. The maximum atomic E-state index is 11.3. The number of carbonyl (C=O) groups is 2. The van der Waals surface area contributed by atoms with E-state index in [4.69, 9.17) is 14.6 Å². The number of carbonyl (C=O) groups excluding carboxylic acids is 1. The van der Waals surface area contributed by atoms with Gasteiger partial charge in [0.15, 0.2) is 6.29 Å². The molecule has 0 aliphatic carbocycles. The van der Waals surface area contributed by atoms with E-state index < -0.39 is 12.3 Å². The van der Waals surface area contributed by atoms with Crippen LogP contribution >= 0.6 is 0 Å². The Labute approximate surface area is 108 Å². The van der Waals surface area contributed by atoms with Gasteiger partial charge in [0.1, 0.15) is 6.54 Å². The summed E-state index contributed by atoms with van der Waals surface area (Å²) in [5.74, 6) is -1.38. The quantitative estimate of drug-likeness (QED) is 0.608. The molecule has 0 aromatic rings. The number of aliphatic carboxylic acids is 1. The van der Waals surface area contributed by atoms with Crippen molar-refractivity contribution in [2.45, 2.75) is 59.0 Å². The average molecular weight is 261 g/mol. The van der Waals surface area contributed by atoms with Crippen molar-refractivity contribution >= 4 is 11.9 Å². The van der Waals surface area contributed by atoms with E-state index in [1.165, 1.54) is 0 Å². The van der Waals surface area contributed by atoms with Gasteiger partial charge in [0.25, 0.3) is 0 Å². The summed E-state index contributed by atoms with van der Waals surface area (Å²) in [6.07, 6.45) is 0.159. The highest BCUT2D eigenvalue weighted by molar-refractivity contribution is 5.80. The molecule has 0 heterocycles. The van der Waals surface area contributed by atoms with E-state index in [0.29, 0.717) is 6.42 Å². The Morgan fingerprint density at radius 1 is 1.11 bits per heavy atom. The van der Waals surface area contributed by atoms with Crippen LogP contribution < -0.4 is 5.32 Å². The predicted octanol–water partition coefficient (Wildman–Crippen LogP) is 1.14. The first-order valence-electron chi connectivity index (χ1n) is 6.10. The topological polar surface area (TPSA) is 84.9 Å².